The van der Waals surface area contributed by atoms with Gasteiger partial charge in [-0.15, -0.1) is 0 Å². The van der Waals surface area contributed by atoms with Crippen LogP contribution in [-0.4, -0.2) is 17.0 Å². The van der Waals surface area contributed by atoms with Crippen LogP contribution < -0.4 is 5.32 Å². The number of carbonyl (C=O) groups excluding carboxylic acids is 1. The molecule has 0 atom stereocenters. The molecule has 1 saturated carbocycles. The second kappa shape index (κ2) is 6.59. The van der Waals surface area contributed by atoms with Crippen molar-refractivity contribution in [3.63, 3.8) is 0 Å². The molecule has 1 aliphatic carbocycles. The summed E-state index contributed by atoms with van der Waals surface area (Å²) < 4.78 is 5.15. The Kier molecular flexibility index (Phi) is 4.82. The van der Waals surface area contributed by atoms with Gasteiger partial charge in [-0.05, 0) is 30.4 Å². The van der Waals surface area contributed by atoms with Crippen molar-refractivity contribution in [3.05, 3.63) is 24.2 Å². The fourth-order valence-corrected chi connectivity index (χ4v) is 3.04. The zero-order chi connectivity index (χ0) is 14.4. The molecule has 5 heteroatoms. The lowest BCUT2D eigenvalue weighted by molar-refractivity contribution is -0.141. The van der Waals surface area contributed by atoms with E-state index in [-0.39, 0.29) is 17.7 Å². The highest BCUT2D eigenvalue weighted by atomic mass is 16.4. The molecule has 0 unspecified atom stereocenters. The lowest BCUT2D eigenvalue weighted by atomic mass is 9.69. The molecule has 0 spiro atoms. The van der Waals surface area contributed by atoms with Gasteiger partial charge in [0.1, 0.15) is 5.76 Å². The van der Waals surface area contributed by atoms with Crippen molar-refractivity contribution in [1.29, 1.82) is 0 Å². The van der Waals surface area contributed by atoms with Crippen LogP contribution in [0.4, 0.5) is 0 Å². The summed E-state index contributed by atoms with van der Waals surface area (Å²) in [5.41, 5.74) is -0.364. The van der Waals surface area contributed by atoms with E-state index >= 15 is 0 Å². The molecule has 0 radical (unpaired) electrons. The summed E-state index contributed by atoms with van der Waals surface area (Å²) >= 11 is 0. The van der Waals surface area contributed by atoms with Gasteiger partial charge >= 0.3 is 5.97 Å². The number of rotatable bonds is 6. The van der Waals surface area contributed by atoms with E-state index in [1.54, 1.807) is 18.4 Å². The van der Waals surface area contributed by atoms with E-state index in [9.17, 15) is 9.59 Å². The maximum atomic E-state index is 12.0. The quantitative estimate of drug-likeness (QED) is 0.839. The normalized spacial score (nSPS) is 17.6. The van der Waals surface area contributed by atoms with Crippen molar-refractivity contribution in [1.82, 2.24) is 5.32 Å². The molecule has 110 valence electrons. The van der Waals surface area contributed by atoms with E-state index in [0.717, 1.165) is 32.1 Å². The molecule has 2 N–H and O–H groups in total. The summed E-state index contributed by atoms with van der Waals surface area (Å²) in [5, 5.41) is 11.9. The molecular weight excluding hydrogens is 258 g/mol. The molecule has 0 saturated heterocycles. The van der Waals surface area contributed by atoms with Crippen molar-refractivity contribution < 1.29 is 19.1 Å². The van der Waals surface area contributed by atoms with Crippen LogP contribution >= 0.6 is 0 Å². The molecule has 1 aromatic heterocycles. The predicted molar refractivity (Wildman–Crippen MR) is 72.9 cm³/mol. The van der Waals surface area contributed by atoms with Gasteiger partial charge in [0, 0.05) is 6.42 Å². The van der Waals surface area contributed by atoms with Crippen LogP contribution in [0.5, 0.6) is 0 Å². The van der Waals surface area contributed by atoms with E-state index in [0.29, 0.717) is 18.7 Å². The van der Waals surface area contributed by atoms with Crippen LogP contribution in [0.25, 0.3) is 0 Å². The topological polar surface area (TPSA) is 79.5 Å². The number of nitrogens with one attached hydrogen (secondary N) is 1. The first kappa shape index (κ1) is 14.6. The molecule has 1 aliphatic rings. The van der Waals surface area contributed by atoms with E-state index in [1.807, 2.05) is 0 Å². The molecule has 20 heavy (non-hydrogen) atoms. The summed E-state index contributed by atoms with van der Waals surface area (Å²) in [5.74, 6) is -0.204. The minimum atomic E-state index is -0.814. The third-order valence-electron chi connectivity index (χ3n) is 4.02. The molecule has 0 aromatic carbocycles. The Morgan fingerprint density at radius 1 is 1.25 bits per heavy atom. The molecule has 1 fully saturated rings. The molecule has 1 amide bonds. The van der Waals surface area contributed by atoms with Gasteiger partial charge in [0.25, 0.3) is 0 Å². The summed E-state index contributed by atoms with van der Waals surface area (Å²) in [7, 11) is 0. The summed E-state index contributed by atoms with van der Waals surface area (Å²) in [6.45, 7) is 0.356. The van der Waals surface area contributed by atoms with Gasteiger partial charge in [-0.3, -0.25) is 9.59 Å². The van der Waals surface area contributed by atoms with Crippen LogP contribution in [0, 0.1) is 5.41 Å². The number of aliphatic carboxylic acids is 1. The van der Waals surface area contributed by atoms with Crippen molar-refractivity contribution >= 4 is 11.9 Å². The zero-order valence-electron chi connectivity index (χ0n) is 11.6. The first-order valence-corrected chi connectivity index (χ1v) is 7.11. The Balaban J connectivity index is 1.89. The fraction of sp³-hybridized carbons (Fsp3) is 0.600. The highest BCUT2D eigenvalue weighted by Crippen LogP contribution is 2.42. The van der Waals surface area contributed by atoms with E-state index in [4.69, 9.17) is 9.52 Å². The Morgan fingerprint density at radius 3 is 2.60 bits per heavy atom. The van der Waals surface area contributed by atoms with Crippen LogP contribution in [0.15, 0.2) is 22.8 Å². The average Bonchev–Trinajstić information content (AvgIpc) is 2.89. The van der Waals surface area contributed by atoms with Gasteiger partial charge in [0.05, 0.1) is 19.2 Å². The van der Waals surface area contributed by atoms with Crippen LogP contribution in [0.2, 0.25) is 0 Å². The number of carboxylic acids is 1. The van der Waals surface area contributed by atoms with Gasteiger partial charge in [-0.1, -0.05) is 19.3 Å². The second-order valence-corrected chi connectivity index (χ2v) is 5.66. The summed E-state index contributed by atoms with van der Waals surface area (Å²) in [6, 6.07) is 3.57. The standard InChI is InChI=1S/C15H21NO4/c17-13(16-11-12-5-4-8-20-12)9-15(10-14(18)19)6-2-1-3-7-15/h4-5,8H,1-3,6-7,9-11H2,(H,16,17)(H,18,19). The van der Waals surface area contributed by atoms with E-state index in [1.165, 1.54) is 0 Å². The number of hydrogen-bond acceptors (Lipinski definition) is 3. The average molecular weight is 279 g/mol. The predicted octanol–water partition coefficient (Wildman–Crippen LogP) is 2.71. The lowest BCUT2D eigenvalue weighted by Crippen LogP contribution is -2.34. The van der Waals surface area contributed by atoms with Gasteiger partial charge in [-0.25, -0.2) is 0 Å². The zero-order valence-corrected chi connectivity index (χ0v) is 11.6. The molecular formula is C15H21NO4. The van der Waals surface area contributed by atoms with Crippen molar-refractivity contribution in [3.8, 4) is 0 Å². The maximum Gasteiger partial charge on any atom is 0.303 e. The fourth-order valence-electron chi connectivity index (χ4n) is 3.04. The maximum absolute atomic E-state index is 12.0. The Hall–Kier alpha value is -1.78. The van der Waals surface area contributed by atoms with Crippen LogP contribution in [-0.2, 0) is 16.1 Å². The smallest absolute Gasteiger partial charge is 0.303 e. The number of amides is 1. The minimum Gasteiger partial charge on any atom is -0.481 e. The Labute approximate surface area is 118 Å². The number of carboxylic acid groups (broad SMARTS) is 1. The van der Waals surface area contributed by atoms with Gasteiger partial charge in [-0.2, -0.15) is 0 Å². The molecule has 5 nitrogen and oxygen atoms in total. The SMILES string of the molecule is O=C(O)CC1(CC(=O)NCc2ccco2)CCCCC1. The number of hydrogen-bond donors (Lipinski definition) is 2. The Morgan fingerprint density at radius 2 is 2.00 bits per heavy atom. The van der Waals surface area contributed by atoms with E-state index in [2.05, 4.69) is 5.32 Å². The number of carbonyl (C=O) groups is 2. The molecule has 2 rings (SSSR count). The van der Waals surface area contributed by atoms with Crippen molar-refractivity contribution in [2.24, 2.45) is 5.41 Å². The molecule has 1 heterocycles. The summed E-state index contributed by atoms with van der Waals surface area (Å²) in [4.78, 5) is 23.1. The lowest BCUT2D eigenvalue weighted by Gasteiger charge is -2.35. The van der Waals surface area contributed by atoms with Gasteiger partial charge in [0.15, 0.2) is 0 Å². The molecule has 0 aliphatic heterocycles. The van der Waals surface area contributed by atoms with Gasteiger partial charge < -0.3 is 14.8 Å². The van der Waals surface area contributed by atoms with Crippen molar-refractivity contribution in [2.75, 3.05) is 0 Å². The van der Waals surface area contributed by atoms with Crippen molar-refractivity contribution in [2.45, 2.75) is 51.5 Å². The monoisotopic (exact) mass is 279 g/mol. The largest absolute Gasteiger partial charge is 0.481 e. The van der Waals surface area contributed by atoms with Crippen LogP contribution in [0.3, 0.4) is 0 Å². The minimum absolute atomic E-state index is 0.0845. The third kappa shape index (κ3) is 4.11. The van der Waals surface area contributed by atoms with E-state index < -0.39 is 5.97 Å². The molecule has 1 aromatic rings. The first-order valence-electron chi connectivity index (χ1n) is 7.11. The molecule has 0 bridgehead atoms. The number of furan rings is 1. The first-order chi connectivity index (χ1) is 9.60. The third-order valence-corrected chi connectivity index (χ3v) is 4.02. The van der Waals surface area contributed by atoms with Crippen LogP contribution in [0.1, 0.15) is 50.7 Å². The second-order valence-electron chi connectivity index (χ2n) is 5.66. The van der Waals surface area contributed by atoms with Gasteiger partial charge in [0.2, 0.25) is 5.91 Å². The Bertz CT molecular complexity index is 446. The highest BCUT2D eigenvalue weighted by Gasteiger charge is 2.36. The summed E-state index contributed by atoms with van der Waals surface area (Å²) in [6.07, 6.45) is 6.75. The highest BCUT2D eigenvalue weighted by molar-refractivity contribution is 5.78.